The minimum absolute atomic E-state index is 0.323. The van der Waals surface area contributed by atoms with E-state index in [9.17, 15) is 0 Å². The van der Waals surface area contributed by atoms with Crippen molar-refractivity contribution in [3.05, 3.63) is 281 Å². The lowest BCUT2D eigenvalue weighted by molar-refractivity contribution is 0.714. The van der Waals surface area contributed by atoms with Crippen LogP contribution in [0.3, 0.4) is 0 Å². The normalized spacial score (nSPS) is 16.6. The zero-order valence-electron chi connectivity index (χ0n) is 37.8. The molecule has 2 atom stereocenters. The van der Waals surface area contributed by atoms with Crippen LogP contribution >= 0.6 is 11.8 Å². The number of hydrogen-bond acceptors (Lipinski definition) is 2. The van der Waals surface area contributed by atoms with Crippen LogP contribution in [0.15, 0.2) is 259 Å². The Morgan fingerprint density at radius 1 is 0.441 bits per heavy atom. The zero-order chi connectivity index (χ0) is 45.2. The summed E-state index contributed by atoms with van der Waals surface area (Å²) in [6.07, 6.45) is 5.79. The van der Waals surface area contributed by atoms with E-state index in [0.717, 1.165) is 23.5 Å². The first-order valence-electron chi connectivity index (χ1n) is 23.8. The molecule has 1 nitrogen and oxygen atoms in total. The van der Waals surface area contributed by atoms with Gasteiger partial charge in [-0.2, -0.15) is 0 Å². The molecule has 10 aromatic rings. The van der Waals surface area contributed by atoms with E-state index in [2.05, 4.69) is 261 Å². The van der Waals surface area contributed by atoms with Crippen LogP contribution < -0.4 is 4.90 Å². The molecule has 68 heavy (non-hydrogen) atoms. The number of hydrogen-bond donors (Lipinski definition) is 0. The minimum atomic E-state index is -0.323. The number of thioether (sulfide) groups is 1. The average molecular weight is 886 g/mol. The van der Waals surface area contributed by atoms with Gasteiger partial charge in [0.2, 0.25) is 0 Å². The minimum Gasteiger partial charge on any atom is -0.309 e. The predicted molar refractivity (Wildman–Crippen MR) is 288 cm³/mol. The van der Waals surface area contributed by atoms with Crippen LogP contribution in [-0.2, 0) is 5.41 Å². The van der Waals surface area contributed by atoms with Gasteiger partial charge in [0.1, 0.15) is 0 Å². The first-order valence-corrected chi connectivity index (χ1v) is 24.6. The molecule has 10 aromatic carbocycles. The highest BCUT2D eigenvalue weighted by Gasteiger charge is 2.42. The van der Waals surface area contributed by atoms with Crippen molar-refractivity contribution in [1.29, 1.82) is 0 Å². The quantitative estimate of drug-likeness (QED) is 0.150. The second kappa shape index (κ2) is 16.5. The van der Waals surface area contributed by atoms with E-state index < -0.39 is 0 Å². The number of anilines is 3. The van der Waals surface area contributed by atoms with Gasteiger partial charge in [0, 0.05) is 37.8 Å². The Morgan fingerprint density at radius 3 is 1.72 bits per heavy atom. The van der Waals surface area contributed by atoms with Gasteiger partial charge in [-0.15, -0.1) is 0 Å². The van der Waals surface area contributed by atoms with Gasteiger partial charge in [-0.1, -0.05) is 236 Å². The van der Waals surface area contributed by atoms with Crippen molar-refractivity contribution < 1.29 is 0 Å². The third kappa shape index (κ3) is 6.32. The summed E-state index contributed by atoms with van der Waals surface area (Å²) in [5.41, 5.74) is 20.8. The molecule has 0 saturated carbocycles. The van der Waals surface area contributed by atoms with Gasteiger partial charge < -0.3 is 4.90 Å². The number of benzene rings is 10. The summed E-state index contributed by atoms with van der Waals surface area (Å²) < 4.78 is 0. The summed E-state index contributed by atoms with van der Waals surface area (Å²) >= 11 is 1.95. The standard InChI is InChI=1S/C66H47NS/c1-66(46-26-6-3-7-27-46)57-38-13-8-32-56(57)64-53(35-21-39-58(64)66)49-29-10-15-41-60(49)67(61-42-16-11-30-50(61)54-36-20-37-55-51-31-12-17-43-62(51)68-65(54)55)59-40-14-9-28-48(59)52-34-19-25-45-24-18-33-47(63(45)52)44-22-4-2-5-23-44/h2-36,38-43,55H,37H2,1H3. The summed E-state index contributed by atoms with van der Waals surface area (Å²) in [5, 5.41) is 2.46. The first kappa shape index (κ1) is 40.4. The third-order valence-corrected chi connectivity index (χ3v) is 16.1. The largest absolute Gasteiger partial charge is 0.309 e. The molecule has 0 saturated heterocycles. The van der Waals surface area contributed by atoms with Crippen LogP contribution in [0.1, 0.15) is 47.1 Å². The molecular formula is C66H47NS. The fourth-order valence-electron chi connectivity index (χ4n) is 11.6. The van der Waals surface area contributed by atoms with Crippen LogP contribution in [0, 0.1) is 0 Å². The summed E-state index contributed by atoms with van der Waals surface area (Å²) in [6.45, 7) is 2.41. The van der Waals surface area contributed by atoms with Crippen molar-refractivity contribution in [2.45, 2.75) is 29.6 Å². The monoisotopic (exact) mass is 885 g/mol. The van der Waals surface area contributed by atoms with E-state index in [-0.39, 0.29) is 5.41 Å². The molecule has 0 radical (unpaired) electrons. The molecule has 2 aliphatic carbocycles. The van der Waals surface area contributed by atoms with E-state index in [4.69, 9.17) is 0 Å². The number of rotatable bonds is 8. The fourth-order valence-corrected chi connectivity index (χ4v) is 13.0. The average Bonchev–Trinajstić information content (AvgIpc) is 3.93. The van der Waals surface area contributed by atoms with Crippen molar-refractivity contribution in [3.8, 4) is 44.5 Å². The van der Waals surface area contributed by atoms with E-state index in [0.29, 0.717) is 5.92 Å². The molecule has 0 fully saturated rings. The summed E-state index contributed by atoms with van der Waals surface area (Å²) in [4.78, 5) is 5.38. The van der Waals surface area contributed by atoms with Crippen molar-refractivity contribution in [2.24, 2.45) is 0 Å². The molecule has 0 N–H and O–H groups in total. The highest BCUT2D eigenvalue weighted by molar-refractivity contribution is 8.03. The molecule has 0 spiro atoms. The van der Waals surface area contributed by atoms with Gasteiger partial charge in [-0.3, -0.25) is 0 Å². The highest BCUT2D eigenvalue weighted by Crippen LogP contribution is 2.59. The Bertz CT molecular complexity index is 3650. The van der Waals surface area contributed by atoms with E-state index in [1.54, 1.807) is 0 Å². The van der Waals surface area contributed by atoms with Gasteiger partial charge in [0.15, 0.2) is 0 Å². The maximum Gasteiger partial charge on any atom is 0.0540 e. The van der Waals surface area contributed by atoms with Gasteiger partial charge >= 0.3 is 0 Å². The maximum atomic E-state index is 2.58. The molecule has 2 heteroatoms. The Hall–Kier alpha value is -7.91. The maximum absolute atomic E-state index is 2.58. The predicted octanol–water partition coefficient (Wildman–Crippen LogP) is 18.2. The molecule has 322 valence electrons. The van der Waals surface area contributed by atoms with E-state index in [1.807, 2.05) is 11.8 Å². The molecule has 1 heterocycles. The number of para-hydroxylation sites is 3. The molecular weight excluding hydrogens is 839 g/mol. The van der Waals surface area contributed by atoms with Crippen molar-refractivity contribution in [3.63, 3.8) is 0 Å². The van der Waals surface area contributed by atoms with Crippen molar-refractivity contribution >= 4 is 45.2 Å². The molecule has 1 aliphatic heterocycles. The lowest BCUT2D eigenvalue weighted by Crippen LogP contribution is -2.22. The van der Waals surface area contributed by atoms with Crippen LogP contribution in [-0.4, -0.2) is 0 Å². The second-order valence-corrected chi connectivity index (χ2v) is 19.4. The SMILES string of the molecule is CC1(c2ccccc2)c2ccccc2-c2c(-c3ccccc3N(c3ccccc3C3=C4Sc5ccccc5C4CC=C3)c3ccccc3-c3cccc4cccc(-c5ccccc5)c34)cccc21. The van der Waals surface area contributed by atoms with Gasteiger partial charge in [-0.05, 0) is 110 Å². The van der Waals surface area contributed by atoms with Crippen LogP contribution in [0.25, 0.3) is 60.9 Å². The van der Waals surface area contributed by atoms with Gasteiger partial charge in [-0.25, -0.2) is 0 Å². The van der Waals surface area contributed by atoms with Crippen LogP contribution in [0.2, 0.25) is 0 Å². The summed E-state index contributed by atoms with van der Waals surface area (Å²) in [5.74, 6) is 0.343. The summed E-state index contributed by atoms with van der Waals surface area (Å²) in [6, 6.07) is 87.8. The lowest BCUT2D eigenvalue weighted by atomic mass is 9.74. The Kier molecular flexibility index (Phi) is 9.77. The van der Waals surface area contributed by atoms with Crippen LogP contribution in [0.5, 0.6) is 0 Å². The van der Waals surface area contributed by atoms with Gasteiger partial charge in [0.05, 0.1) is 17.1 Å². The van der Waals surface area contributed by atoms with E-state index in [1.165, 1.54) is 98.5 Å². The van der Waals surface area contributed by atoms with Crippen molar-refractivity contribution in [2.75, 3.05) is 4.90 Å². The Morgan fingerprint density at radius 2 is 0.971 bits per heavy atom. The zero-order valence-corrected chi connectivity index (χ0v) is 38.6. The fraction of sp³-hybridized carbons (Fsp3) is 0.0606. The highest BCUT2D eigenvalue weighted by atomic mass is 32.2. The van der Waals surface area contributed by atoms with Crippen LogP contribution in [0.4, 0.5) is 17.1 Å². The number of nitrogens with zero attached hydrogens (tertiary/aromatic N) is 1. The molecule has 0 aromatic heterocycles. The molecule has 13 rings (SSSR count). The molecule has 0 bridgehead atoms. The lowest BCUT2D eigenvalue weighted by Gasteiger charge is -2.33. The first-order chi connectivity index (χ1) is 33.7. The molecule has 3 aliphatic rings. The van der Waals surface area contributed by atoms with Crippen molar-refractivity contribution in [1.82, 2.24) is 0 Å². The van der Waals surface area contributed by atoms with E-state index >= 15 is 0 Å². The molecule has 0 amide bonds. The number of allylic oxidation sites excluding steroid dienone is 4. The number of fused-ring (bicyclic) bond motifs is 7. The Labute approximate surface area is 403 Å². The van der Waals surface area contributed by atoms with Gasteiger partial charge in [0.25, 0.3) is 0 Å². The topological polar surface area (TPSA) is 3.24 Å². The second-order valence-electron chi connectivity index (χ2n) is 18.3. The summed E-state index contributed by atoms with van der Waals surface area (Å²) in [7, 11) is 0. The third-order valence-electron chi connectivity index (χ3n) is 14.7. The smallest absolute Gasteiger partial charge is 0.0540 e. The molecule has 2 unspecified atom stereocenters. The Balaban J connectivity index is 1.09.